The first kappa shape index (κ1) is 15.6. The third-order valence-corrected chi connectivity index (χ3v) is 4.75. The lowest BCUT2D eigenvalue weighted by Crippen LogP contribution is -2.13. The van der Waals surface area contributed by atoms with Crippen molar-refractivity contribution in [3.8, 4) is 11.1 Å². The molecule has 0 fully saturated rings. The standard InChI is InChI=1S/C20H13BrN2O2/c21-12-8-10-13(11-9-12)22-20(24)17-7-3-6-16-18(17)14-4-1-2-5-15(14)19(16)23-25/h1-11,25H,(H,22,24)/b23-19-. The minimum Gasteiger partial charge on any atom is -0.410 e. The zero-order valence-electron chi connectivity index (χ0n) is 13.0. The second kappa shape index (κ2) is 6.18. The molecular weight excluding hydrogens is 380 g/mol. The molecule has 0 atom stereocenters. The normalized spacial score (nSPS) is 13.4. The van der Waals surface area contributed by atoms with Gasteiger partial charge in [-0.3, -0.25) is 4.79 Å². The number of fused-ring (bicyclic) bond motifs is 3. The molecule has 5 heteroatoms. The van der Waals surface area contributed by atoms with Crippen LogP contribution >= 0.6 is 15.9 Å². The number of carbonyl (C=O) groups excluding carboxylic acids is 1. The van der Waals surface area contributed by atoms with Gasteiger partial charge in [0.05, 0.1) is 0 Å². The molecule has 25 heavy (non-hydrogen) atoms. The molecule has 0 unspecified atom stereocenters. The number of benzene rings is 3. The number of hydrogen-bond donors (Lipinski definition) is 2. The van der Waals surface area contributed by atoms with Crippen LogP contribution in [0.3, 0.4) is 0 Å². The minimum atomic E-state index is -0.201. The molecule has 4 nitrogen and oxygen atoms in total. The number of halogens is 1. The van der Waals surface area contributed by atoms with Gasteiger partial charge in [-0.1, -0.05) is 57.5 Å². The average molecular weight is 393 g/mol. The van der Waals surface area contributed by atoms with Crippen molar-refractivity contribution in [1.82, 2.24) is 0 Å². The summed E-state index contributed by atoms with van der Waals surface area (Å²) in [5, 5.41) is 15.8. The highest BCUT2D eigenvalue weighted by molar-refractivity contribution is 9.10. The van der Waals surface area contributed by atoms with Gasteiger partial charge in [0.15, 0.2) is 0 Å². The quantitative estimate of drug-likeness (QED) is 0.376. The zero-order chi connectivity index (χ0) is 17.4. The van der Waals surface area contributed by atoms with E-state index in [1.54, 1.807) is 12.1 Å². The molecule has 0 heterocycles. The Morgan fingerprint density at radius 1 is 0.880 bits per heavy atom. The second-order valence-corrected chi connectivity index (χ2v) is 6.60. The Balaban J connectivity index is 1.80. The second-order valence-electron chi connectivity index (χ2n) is 5.68. The topological polar surface area (TPSA) is 61.7 Å². The van der Waals surface area contributed by atoms with Crippen molar-refractivity contribution in [3.05, 3.63) is 87.9 Å². The molecule has 0 bridgehead atoms. The number of rotatable bonds is 2. The first-order valence-electron chi connectivity index (χ1n) is 7.71. The summed E-state index contributed by atoms with van der Waals surface area (Å²) in [5.41, 5.74) is 5.02. The van der Waals surface area contributed by atoms with E-state index >= 15 is 0 Å². The molecule has 1 amide bonds. The predicted molar refractivity (Wildman–Crippen MR) is 101 cm³/mol. The summed E-state index contributed by atoms with van der Waals surface area (Å²) >= 11 is 3.38. The van der Waals surface area contributed by atoms with Crippen LogP contribution in [-0.4, -0.2) is 16.8 Å². The average Bonchev–Trinajstić information content (AvgIpc) is 2.97. The molecule has 0 radical (unpaired) electrons. The van der Waals surface area contributed by atoms with Gasteiger partial charge in [0.2, 0.25) is 0 Å². The van der Waals surface area contributed by atoms with Crippen molar-refractivity contribution in [2.45, 2.75) is 0 Å². The van der Waals surface area contributed by atoms with E-state index in [1.807, 2.05) is 54.6 Å². The Morgan fingerprint density at radius 2 is 1.56 bits per heavy atom. The van der Waals surface area contributed by atoms with Gasteiger partial charge in [-0.15, -0.1) is 0 Å². The van der Waals surface area contributed by atoms with Crippen molar-refractivity contribution in [2.75, 3.05) is 5.32 Å². The Hall–Kier alpha value is -2.92. The molecule has 0 saturated heterocycles. The van der Waals surface area contributed by atoms with Crippen molar-refractivity contribution in [2.24, 2.45) is 5.16 Å². The van der Waals surface area contributed by atoms with Crippen molar-refractivity contribution in [3.63, 3.8) is 0 Å². The van der Waals surface area contributed by atoms with E-state index < -0.39 is 0 Å². The van der Waals surface area contributed by atoms with Crippen LogP contribution in [0.4, 0.5) is 5.69 Å². The summed E-state index contributed by atoms with van der Waals surface area (Å²) in [7, 11) is 0. The fraction of sp³-hybridized carbons (Fsp3) is 0. The van der Waals surface area contributed by atoms with Crippen molar-refractivity contribution >= 4 is 33.2 Å². The number of hydrogen-bond acceptors (Lipinski definition) is 3. The Labute approximate surface area is 152 Å². The summed E-state index contributed by atoms with van der Waals surface area (Å²) in [6, 6.07) is 20.5. The number of amides is 1. The van der Waals surface area contributed by atoms with Crippen molar-refractivity contribution in [1.29, 1.82) is 0 Å². The summed E-state index contributed by atoms with van der Waals surface area (Å²) < 4.78 is 0.948. The minimum absolute atomic E-state index is 0.201. The van der Waals surface area contributed by atoms with E-state index in [1.165, 1.54) is 0 Å². The first-order chi connectivity index (χ1) is 12.2. The fourth-order valence-corrected chi connectivity index (χ4v) is 3.39. The highest BCUT2D eigenvalue weighted by Crippen LogP contribution is 2.39. The lowest BCUT2D eigenvalue weighted by Gasteiger charge is -2.10. The van der Waals surface area contributed by atoms with E-state index in [0.717, 1.165) is 26.7 Å². The zero-order valence-corrected chi connectivity index (χ0v) is 14.6. The van der Waals surface area contributed by atoms with Crippen LogP contribution in [0, 0.1) is 0 Å². The van der Waals surface area contributed by atoms with Crippen LogP contribution in [0.1, 0.15) is 21.5 Å². The maximum Gasteiger partial charge on any atom is 0.256 e. The molecule has 3 aromatic rings. The third-order valence-electron chi connectivity index (χ3n) is 4.22. The maximum absolute atomic E-state index is 12.8. The maximum atomic E-state index is 12.8. The van der Waals surface area contributed by atoms with E-state index in [2.05, 4.69) is 26.4 Å². The summed E-state index contributed by atoms with van der Waals surface area (Å²) in [6.45, 7) is 0. The van der Waals surface area contributed by atoms with Gasteiger partial charge < -0.3 is 10.5 Å². The molecule has 0 saturated carbocycles. The molecule has 4 rings (SSSR count). The molecule has 3 aromatic carbocycles. The number of nitrogens with one attached hydrogen (secondary N) is 1. The van der Waals surface area contributed by atoms with Gasteiger partial charge >= 0.3 is 0 Å². The first-order valence-corrected chi connectivity index (χ1v) is 8.50. The van der Waals surface area contributed by atoms with E-state index in [0.29, 0.717) is 17.0 Å². The van der Waals surface area contributed by atoms with E-state index in [9.17, 15) is 10.0 Å². The third kappa shape index (κ3) is 2.62. The fourth-order valence-electron chi connectivity index (χ4n) is 3.12. The summed E-state index contributed by atoms with van der Waals surface area (Å²) in [5.74, 6) is -0.201. The Kier molecular flexibility index (Phi) is 3.86. The number of nitrogens with zero attached hydrogens (tertiary/aromatic N) is 1. The molecule has 122 valence electrons. The van der Waals surface area contributed by atoms with Crippen LogP contribution in [-0.2, 0) is 0 Å². The van der Waals surface area contributed by atoms with Crippen LogP contribution < -0.4 is 5.32 Å². The van der Waals surface area contributed by atoms with Crippen molar-refractivity contribution < 1.29 is 10.0 Å². The molecule has 0 spiro atoms. The molecule has 1 aliphatic rings. The van der Waals surface area contributed by atoms with Crippen LogP contribution in [0.25, 0.3) is 11.1 Å². The lowest BCUT2D eigenvalue weighted by molar-refractivity contribution is 0.102. The highest BCUT2D eigenvalue weighted by Gasteiger charge is 2.29. The molecular formula is C20H13BrN2O2. The van der Waals surface area contributed by atoms with Gasteiger partial charge in [-0.05, 0) is 35.9 Å². The SMILES string of the molecule is O=C(Nc1ccc(Br)cc1)c1cccc2c1-c1ccccc1/C2=N/O. The summed E-state index contributed by atoms with van der Waals surface area (Å²) in [6.07, 6.45) is 0. The van der Waals surface area contributed by atoms with Gasteiger partial charge in [0.1, 0.15) is 5.71 Å². The molecule has 1 aliphatic carbocycles. The molecule has 2 N–H and O–H groups in total. The number of carbonyl (C=O) groups is 1. The van der Waals surface area contributed by atoms with Crippen LogP contribution in [0.5, 0.6) is 0 Å². The Bertz CT molecular complexity index is 1010. The molecule has 0 aromatic heterocycles. The van der Waals surface area contributed by atoms with Crippen LogP contribution in [0.2, 0.25) is 0 Å². The predicted octanol–water partition coefficient (Wildman–Crippen LogP) is 4.91. The summed E-state index contributed by atoms with van der Waals surface area (Å²) in [4.78, 5) is 12.8. The largest absolute Gasteiger partial charge is 0.410 e. The highest BCUT2D eigenvalue weighted by atomic mass is 79.9. The van der Waals surface area contributed by atoms with E-state index in [-0.39, 0.29) is 5.91 Å². The van der Waals surface area contributed by atoms with Gasteiger partial charge in [-0.2, -0.15) is 0 Å². The van der Waals surface area contributed by atoms with Gasteiger partial charge in [0.25, 0.3) is 5.91 Å². The smallest absolute Gasteiger partial charge is 0.256 e. The number of anilines is 1. The monoisotopic (exact) mass is 392 g/mol. The molecule has 0 aliphatic heterocycles. The van der Waals surface area contributed by atoms with Crippen LogP contribution in [0.15, 0.2) is 76.4 Å². The van der Waals surface area contributed by atoms with Gasteiger partial charge in [-0.25, -0.2) is 0 Å². The number of oxime groups is 1. The van der Waals surface area contributed by atoms with Gasteiger partial charge in [0, 0.05) is 32.4 Å². The lowest BCUT2D eigenvalue weighted by atomic mass is 9.99. The van der Waals surface area contributed by atoms with E-state index in [4.69, 9.17) is 0 Å². The Morgan fingerprint density at radius 3 is 2.28 bits per heavy atom.